The lowest BCUT2D eigenvalue weighted by Crippen LogP contribution is -2.19. The van der Waals surface area contributed by atoms with Gasteiger partial charge in [-0.3, -0.25) is 0 Å². The molecule has 96 valence electrons. The first-order chi connectivity index (χ1) is 8.36. The number of hydrogen-bond acceptors (Lipinski definition) is 2. The molecule has 0 aliphatic carbocycles. The van der Waals surface area contributed by atoms with E-state index in [4.69, 9.17) is 5.73 Å². The van der Waals surface area contributed by atoms with Crippen LogP contribution >= 0.6 is 0 Å². The van der Waals surface area contributed by atoms with Crippen LogP contribution in [0.25, 0.3) is 0 Å². The number of hydrogen-bond donors (Lipinski definition) is 1. The van der Waals surface area contributed by atoms with Crippen LogP contribution in [0.1, 0.15) is 37.6 Å². The Kier molecular flexibility index (Phi) is 3.16. The third-order valence-corrected chi connectivity index (χ3v) is 3.14. The maximum absolute atomic E-state index is 5.67. The van der Waals surface area contributed by atoms with E-state index in [0.29, 0.717) is 5.82 Å². The van der Waals surface area contributed by atoms with Crippen molar-refractivity contribution in [3.05, 3.63) is 47.4 Å². The van der Waals surface area contributed by atoms with Crippen molar-refractivity contribution in [2.45, 2.75) is 39.7 Å². The van der Waals surface area contributed by atoms with Crippen LogP contribution in [0, 0.1) is 6.92 Å². The first kappa shape index (κ1) is 12.7. The van der Waals surface area contributed by atoms with Crippen LogP contribution in [-0.2, 0) is 12.0 Å². The molecule has 2 heterocycles. The van der Waals surface area contributed by atoms with E-state index in [1.54, 1.807) is 0 Å². The summed E-state index contributed by atoms with van der Waals surface area (Å²) in [6.07, 6.45) is 5.24. The van der Waals surface area contributed by atoms with E-state index in [0.717, 1.165) is 12.1 Å². The minimum atomic E-state index is 0.132. The highest BCUT2D eigenvalue weighted by Crippen LogP contribution is 2.19. The smallest absolute Gasteiger partial charge is 0.123 e. The summed E-state index contributed by atoms with van der Waals surface area (Å²) in [5, 5.41) is 0. The SMILES string of the molecule is Cc1nc(N)ccc1Cc1ccn(C(C)(C)C)c1. The van der Waals surface area contributed by atoms with Crippen LogP contribution < -0.4 is 5.73 Å². The predicted molar refractivity (Wildman–Crippen MR) is 75.6 cm³/mol. The summed E-state index contributed by atoms with van der Waals surface area (Å²) < 4.78 is 2.24. The summed E-state index contributed by atoms with van der Waals surface area (Å²) >= 11 is 0. The quantitative estimate of drug-likeness (QED) is 0.880. The Morgan fingerprint density at radius 2 is 1.94 bits per heavy atom. The zero-order chi connectivity index (χ0) is 13.3. The molecule has 0 aliphatic heterocycles. The average Bonchev–Trinajstić information content (AvgIpc) is 2.70. The molecule has 0 aromatic carbocycles. The molecule has 2 aromatic heterocycles. The molecule has 0 bridgehead atoms. The fourth-order valence-corrected chi connectivity index (χ4v) is 1.98. The molecule has 18 heavy (non-hydrogen) atoms. The Hall–Kier alpha value is -1.77. The summed E-state index contributed by atoms with van der Waals surface area (Å²) in [5.74, 6) is 0.587. The molecular weight excluding hydrogens is 222 g/mol. The molecular formula is C15H21N3. The van der Waals surface area contributed by atoms with Gasteiger partial charge in [-0.15, -0.1) is 0 Å². The van der Waals surface area contributed by atoms with E-state index >= 15 is 0 Å². The van der Waals surface area contributed by atoms with Crippen LogP contribution in [0.5, 0.6) is 0 Å². The fourth-order valence-electron chi connectivity index (χ4n) is 1.98. The van der Waals surface area contributed by atoms with Crippen LogP contribution in [0.2, 0.25) is 0 Å². The summed E-state index contributed by atoms with van der Waals surface area (Å²) in [5.41, 5.74) is 9.35. The van der Waals surface area contributed by atoms with Crippen LogP contribution in [0.15, 0.2) is 30.6 Å². The Morgan fingerprint density at radius 1 is 1.22 bits per heavy atom. The van der Waals surface area contributed by atoms with Crippen molar-refractivity contribution in [3.8, 4) is 0 Å². The number of rotatable bonds is 2. The number of nitrogens with two attached hydrogens (primary N) is 1. The zero-order valence-electron chi connectivity index (χ0n) is 11.6. The maximum atomic E-state index is 5.67. The molecule has 0 saturated carbocycles. The lowest BCUT2D eigenvalue weighted by Gasteiger charge is -2.20. The molecule has 2 rings (SSSR count). The van der Waals surface area contributed by atoms with E-state index < -0.39 is 0 Å². The Morgan fingerprint density at radius 3 is 2.50 bits per heavy atom. The Labute approximate surface area is 109 Å². The van der Waals surface area contributed by atoms with E-state index in [1.807, 2.05) is 13.0 Å². The topological polar surface area (TPSA) is 43.8 Å². The number of aromatic nitrogens is 2. The molecule has 3 heteroatoms. The third-order valence-electron chi connectivity index (χ3n) is 3.14. The number of nitrogen functional groups attached to an aromatic ring is 1. The highest BCUT2D eigenvalue weighted by Gasteiger charge is 2.12. The van der Waals surface area contributed by atoms with Gasteiger partial charge in [0.25, 0.3) is 0 Å². The fraction of sp³-hybridized carbons (Fsp3) is 0.400. The highest BCUT2D eigenvalue weighted by molar-refractivity contribution is 5.36. The summed E-state index contributed by atoms with van der Waals surface area (Å²) in [6, 6.07) is 6.09. The number of pyridine rings is 1. The van der Waals surface area contributed by atoms with Crippen molar-refractivity contribution in [2.75, 3.05) is 5.73 Å². The minimum absolute atomic E-state index is 0.132. The molecule has 0 atom stereocenters. The van der Waals surface area contributed by atoms with Crippen molar-refractivity contribution in [2.24, 2.45) is 0 Å². The molecule has 0 radical (unpaired) electrons. The van der Waals surface area contributed by atoms with Crippen molar-refractivity contribution < 1.29 is 0 Å². The van der Waals surface area contributed by atoms with Gasteiger partial charge >= 0.3 is 0 Å². The van der Waals surface area contributed by atoms with Gasteiger partial charge in [-0.05, 0) is 51.0 Å². The summed E-state index contributed by atoms with van der Waals surface area (Å²) in [7, 11) is 0. The normalized spacial score (nSPS) is 11.8. The average molecular weight is 243 g/mol. The third kappa shape index (κ3) is 2.73. The van der Waals surface area contributed by atoms with Gasteiger partial charge in [-0.2, -0.15) is 0 Å². The molecule has 0 amide bonds. The van der Waals surface area contributed by atoms with Gasteiger partial charge in [-0.1, -0.05) is 6.07 Å². The molecule has 0 aliphatic rings. The second kappa shape index (κ2) is 4.48. The van der Waals surface area contributed by atoms with Crippen molar-refractivity contribution in [3.63, 3.8) is 0 Å². The standard InChI is InChI=1S/C15H21N3/c1-11-13(5-6-14(16)17-11)9-12-7-8-18(10-12)15(2,3)4/h5-8,10H,9H2,1-4H3,(H2,16,17). The minimum Gasteiger partial charge on any atom is -0.384 e. The van der Waals surface area contributed by atoms with Crippen molar-refractivity contribution >= 4 is 5.82 Å². The number of aryl methyl sites for hydroxylation is 1. The maximum Gasteiger partial charge on any atom is 0.123 e. The molecule has 2 N–H and O–H groups in total. The van der Waals surface area contributed by atoms with E-state index in [-0.39, 0.29) is 5.54 Å². The second-order valence-corrected chi connectivity index (χ2v) is 5.76. The molecule has 2 aromatic rings. The van der Waals surface area contributed by atoms with Gasteiger partial charge in [-0.25, -0.2) is 4.98 Å². The van der Waals surface area contributed by atoms with Gasteiger partial charge in [0.05, 0.1) is 0 Å². The largest absolute Gasteiger partial charge is 0.384 e. The monoisotopic (exact) mass is 243 g/mol. The summed E-state index contributed by atoms with van der Waals surface area (Å²) in [6.45, 7) is 8.61. The molecule has 0 spiro atoms. The zero-order valence-corrected chi connectivity index (χ0v) is 11.6. The van der Waals surface area contributed by atoms with Gasteiger partial charge in [0.1, 0.15) is 5.82 Å². The predicted octanol–water partition coefficient (Wildman–Crippen LogP) is 3.12. The van der Waals surface area contributed by atoms with Crippen molar-refractivity contribution in [1.82, 2.24) is 9.55 Å². The molecule has 3 nitrogen and oxygen atoms in total. The van der Waals surface area contributed by atoms with Crippen molar-refractivity contribution in [1.29, 1.82) is 0 Å². The number of nitrogens with zero attached hydrogens (tertiary/aromatic N) is 2. The molecule has 0 unspecified atom stereocenters. The first-order valence-electron chi connectivity index (χ1n) is 6.25. The number of anilines is 1. The van der Waals surface area contributed by atoms with Gasteiger partial charge in [0.15, 0.2) is 0 Å². The lowest BCUT2D eigenvalue weighted by molar-refractivity contribution is 0.398. The van der Waals surface area contributed by atoms with Crippen LogP contribution in [-0.4, -0.2) is 9.55 Å². The van der Waals surface area contributed by atoms with E-state index in [9.17, 15) is 0 Å². The Balaban J connectivity index is 2.21. The van der Waals surface area contributed by atoms with Crippen LogP contribution in [0.4, 0.5) is 5.82 Å². The van der Waals surface area contributed by atoms with E-state index in [2.05, 4.69) is 54.8 Å². The second-order valence-electron chi connectivity index (χ2n) is 5.76. The molecule has 0 fully saturated rings. The first-order valence-corrected chi connectivity index (χ1v) is 6.25. The van der Waals surface area contributed by atoms with Gasteiger partial charge in [0, 0.05) is 30.0 Å². The Bertz CT molecular complexity index is 547. The van der Waals surface area contributed by atoms with Gasteiger partial charge in [0.2, 0.25) is 0 Å². The summed E-state index contributed by atoms with van der Waals surface area (Å²) in [4.78, 5) is 4.30. The van der Waals surface area contributed by atoms with Crippen LogP contribution in [0.3, 0.4) is 0 Å². The molecule has 0 saturated heterocycles. The van der Waals surface area contributed by atoms with E-state index in [1.165, 1.54) is 11.1 Å². The highest BCUT2D eigenvalue weighted by atomic mass is 15.0. The van der Waals surface area contributed by atoms with Gasteiger partial charge < -0.3 is 10.3 Å². The lowest BCUT2D eigenvalue weighted by atomic mass is 10.1.